The van der Waals surface area contributed by atoms with Gasteiger partial charge < -0.3 is 10.1 Å². The molecular weight excluding hydrogens is 205 g/mol. The normalized spacial score (nSPS) is 11.9. The zero-order chi connectivity index (χ0) is 9.56. The van der Waals surface area contributed by atoms with Crippen LogP contribution in [0.1, 0.15) is 6.92 Å². The molecular formula is C6H9Cl2NO3. The molecule has 0 aliphatic heterocycles. The molecule has 70 valence electrons. The SMILES string of the molecule is CC(NC(=O)CCl)OC(=O)CCl. The number of amides is 1. The van der Waals surface area contributed by atoms with Gasteiger partial charge in [0.15, 0.2) is 6.23 Å². The van der Waals surface area contributed by atoms with Crippen LogP contribution in [0.25, 0.3) is 0 Å². The maximum absolute atomic E-state index is 10.6. The Bertz CT molecular complexity index is 156. The first-order valence-electron chi connectivity index (χ1n) is 3.21. The van der Waals surface area contributed by atoms with Crippen molar-refractivity contribution in [1.82, 2.24) is 5.32 Å². The van der Waals surface area contributed by atoms with E-state index in [2.05, 4.69) is 10.1 Å². The minimum absolute atomic E-state index is 0.164. The lowest BCUT2D eigenvalue weighted by Gasteiger charge is -2.12. The Morgan fingerprint density at radius 2 is 2.00 bits per heavy atom. The molecule has 0 aliphatic carbocycles. The average molecular weight is 214 g/mol. The van der Waals surface area contributed by atoms with Gasteiger partial charge in [-0.2, -0.15) is 0 Å². The van der Waals surface area contributed by atoms with E-state index in [1.807, 2.05) is 0 Å². The van der Waals surface area contributed by atoms with Gasteiger partial charge in [-0.25, -0.2) is 0 Å². The number of hydrogen-bond donors (Lipinski definition) is 1. The molecule has 12 heavy (non-hydrogen) atoms. The predicted octanol–water partition coefficient (Wildman–Crippen LogP) is 0.469. The zero-order valence-electron chi connectivity index (χ0n) is 6.47. The summed E-state index contributed by atoms with van der Waals surface area (Å²) in [6.45, 7) is 1.51. The van der Waals surface area contributed by atoms with Crippen LogP contribution in [0.15, 0.2) is 0 Å². The van der Waals surface area contributed by atoms with Gasteiger partial charge in [-0.05, 0) is 6.92 Å². The summed E-state index contributed by atoms with van der Waals surface area (Å²) in [4.78, 5) is 21.2. The zero-order valence-corrected chi connectivity index (χ0v) is 7.98. The fraction of sp³-hybridized carbons (Fsp3) is 0.667. The molecule has 0 saturated heterocycles. The van der Waals surface area contributed by atoms with Gasteiger partial charge in [0.05, 0.1) is 0 Å². The number of ether oxygens (including phenoxy) is 1. The van der Waals surface area contributed by atoms with Crippen LogP contribution in [-0.2, 0) is 14.3 Å². The van der Waals surface area contributed by atoms with Crippen LogP contribution >= 0.6 is 23.2 Å². The lowest BCUT2D eigenvalue weighted by molar-refractivity contribution is -0.147. The molecule has 0 aromatic carbocycles. The van der Waals surface area contributed by atoms with Crippen LogP contribution in [0.3, 0.4) is 0 Å². The molecule has 6 heteroatoms. The molecule has 4 nitrogen and oxygen atoms in total. The standard InChI is InChI=1S/C6H9Cl2NO3/c1-4(9-5(10)2-7)12-6(11)3-8/h4H,2-3H2,1H3,(H,9,10). The highest BCUT2D eigenvalue weighted by atomic mass is 35.5. The maximum atomic E-state index is 10.6. The quantitative estimate of drug-likeness (QED) is 0.420. The Balaban J connectivity index is 3.66. The molecule has 0 rings (SSSR count). The summed E-state index contributed by atoms with van der Waals surface area (Å²) in [5.41, 5.74) is 0. The molecule has 0 aromatic rings. The summed E-state index contributed by atoms with van der Waals surface area (Å²) in [5, 5.41) is 2.32. The van der Waals surface area contributed by atoms with Gasteiger partial charge in [0, 0.05) is 0 Å². The van der Waals surface area contributed by atoms with Crippen molar-refractivity contribution in [2.75, 3.05) is 11.8 Å². The van der Waals surface area contributed by atoms with Gasteiger partial charge in [-0.15, -0.1) is 23.2 Å². The van der Waals surface area contributed by atoms with E-state index in [0.717, 1.165) is 0 Å². The molecule has 0 aliphatic rings. The van der Waals surface area contributed by atoms with Crippen LogP contribution < -0.4 is 5.32 Å². The minimum atomic E-state index is -0.692. The second-order valence-corrected chi connectivity index (χ2v) is 2.50. The van der Waals surface area contributed by atoms with E-state index in [1.54, 1.807) is 0 Å². The fourth-order valence-electron chi connectivity index (χ4n) is 0.523. The van der Waals surface area contributed by atoms with Crippen molar-refractivity contribution < 1.29 is 14.3 Å². The summed E-state index contributed by atoms with van der Waals surface area (Å²) in [7, 11) is 0. The number of carbonyl (C=O) groups is 2. The van der Waals surface area contributed by atoms with Crippen molar-refractivity contribution in [3.05, 3.63) is 0 Å². The Labute approximate surface area is 80.2 Å². The summed E-state index contributed by atoms with van der Waals surface area (Å²) >= 11 is 10.3. The van der Waals surface area contributed by atoms with Gasteiger partial charge in [0.25, 0.3) is 0 Å². The molecule has 0 saturated carbocycles. The van der Waals surface area contributed by atoms with Crippen molar-refractivity contribution >= 4 is 35.1 Å². The molecule has 1 unspecified atom stereocenters. The number of rotatable bonds is 4. The molecule has 0 fully saturated rings. The smallest absolute Gasteiger partial charge is 0.322 e. The van der Waals surface area contributed by atoms with Crippen LogP contribution in [0.4, 0.5) is 0 Å². The fourth-order valence-corrected chi connectivity index (χ4v) is 0.664. The molecule has 1 amide bonds. The highest BCUT2D eigenvalue weighted by Crippen LogP contribution is 1.90. The van der Waals surface area contributed by atoms with Crippen LogP contribution in [0.5, 0.6) is 0 Å². The topological polar surface area (TPSA) is 55.4 Å². The van der Waals surface area contributed by atoms with Gasteiger partial charge in [0.1, 0.15) is 11.8 Å². The molecule has 0 heterocycles. The van der Waals surface area contributed by atoms with Gasteiger partial charge in [0.2, 0.25) is 5.91 Å². The number of alkyl halides is 2. The third-order valence-corrected chi connectivity index (χ3v) is 1.36. The third kappa shape index (κ3) is 5.21. The monoisotopic (exact) mass is 213 g/mol. The number of nitrogens with one attached hydrogen (secondary N) is 1. The van der Waals surface area contributed by atoms with E-state index in [0.29, 0.717) is 0 Å². The summed E-state index contributed by atoms with van der Waals surface area (Å²) < 4.78 is 4.61. The van der Waals surface area contributed by atoms with E-state index < -0.39 is 18.1 Å². The first-order chi connectivity index (χ1) is 5.60. The van der Waals surface area contributed by atoms with Gasteiger partial charge in [-0.3, -0.25) is 9.59 Å². The Hall–Kier alpha value is -0.480. The van der Waals surface area contributed by atoms with Crippen molar-refractivity contribution in [3.8, 4) is 0 Å². The predicted molar refractivity (Wildman–Crippen MR) is 45.1 cm³/mol. The minimum Gasteiger partial charge on any atom is -0.441 e. The Morgan fingerprint density at radius 3 is 2.42 bits per heavy atom. The molecule has 0 bridgehead atoms. The van der Waals surface area contributed by atoms with Crippen LogP contribution in [-0.4, -0.2) is 29.9 Å². The molecule has 1 atom stereocenters. The Kier molecular flexibility index (Phi) is 5.84. The number of esters is 1. The summed E-state index contributed by atoms with van der Waals surface area (Å²) in [6, 6.07) is 0. The van der Waals surface area contributed by atoms with E-state index in [1.165, 1.54) is 6.92 Å². The second-order valence-electron chi connectivity index (χ2n) is 1.97. The van der Waals surface area contributed by atoms with Crippen molar-refractivity contribution in [1.29, 1.82) is 0 Å². The lowest BCUT2D eigenvalue weighted by Crippen LogP contribution is -2.37. The van der Waals surface area contributed by atoms with Crippen molar-refractivity contribution in [2.24, 2.45) is 0 Å². The summed E-state index contributed by atoms with van der Waals surface area (Å²) in [5.74, 6) is -1.38. The third-order valence-electron chi connectivity index (χ3n) is 0.903. The Morgan fingerprint density at radius 1 is 1.42 bits per heavy atom. The summed E-state index contributed by atoms with van der Waals surface area (Å²) in [6.07, 6.45) is -0.692. The first kappa shape index (κ1) is 11.5. The van der Waals surface area contributed by atoms with Crippen molar-refractivity contribution in [3.63, 3.8) is 0 Å². The average Bonchev–Trinajstić information content (AvgIpc) is 2.03. The maximum Gasteiger partial charge on any atom is 0.322 e. The second kappa shape index (κ2) is 6.08. The van der Waals surface area contributed by atoms with Crippen LogP contribution in [0, 0.1) is 0 Å². The van der Waals surface area contributed by atoms with E-state index in [9.17, 15) is 9.59 Å². The van der Waals surface area contributed by atoms with E-state index in [4.69, 9.17) is 23.2 Å². The number of halogens is 2. The number of carbonyl (C=O) groups excluding carboxylic acids is 2. The highest BCUT2D eigenvalue weighted by molar-refractivity contribution is 6.27. The first-order valence-corrected chi connectivity index (χ1v) is 4.27. The van der Waals surface area contributed by atoms with Crippen molar-refractivity contribution in [2.45, 2.75) is 13.2 Å². The molecule has 0 spiro atoms. The van der Waals surface area contributed by atoms with Gasteiger partial charge >= 0.3 is 5.97 Å². The molecule has 0 aromatic heterocycles. The lowest BCUT2D eigenvalue weighted by atomic mass is 10.6. The molecule has 1 N–H and O–H groups in total. The largest absolute Gasteiger partial charge is 0.441 e. The highest BCUT2D eigenvalue weighted by Gasteiger charge is 2.09. The van der Waals surface area contributed by atoms with E-state index >= 15 is 0 Å². The van der Waals surface area contributed by atoms with Gasteiger partial charge in [-0.1, -0.05) is 0 Å². The number of hydrogen-bond acceptors (Lipinski definition) is 3. The van der Waals surface area contributed by atoms with E-state index in [-0.39, 0.29) is 11.8 Å². The molecule has 0 radical (unpaired) electrons. The van der Waals surface area contributed by atoms with Crippen LogP contribution in [0.2, 0.25) is 0 Å².